The van der Waals surface area contributed by atoms with E-state index in [9.17, 15) is 12.8 Å². The number of benzene rings is 1. The van der Waals surface area contributed by atoms with Crippen LogP contribution in [0.4, 0.5) is 10.1 Å². The predicted octanol–water partition coefficient (Wildman–Crippen LogP) is 1.78. The average Bonchev–Trinajstić information content (AvgIpc) is 2.28. The van der Waals surface area contributed by atoms with Crippen molar-refractivity contribution in [3.05, 3.63) is 54.1 Å². The fourth-order valence-electron chi connectivity index (χ4n) is 1.60. The van der Waals surface area contributed by atoms with E-state index in [-0.39, 0.29) is 16.3 Å². The molecule has 0 atom stereocenters. The van der Waals surface area contributed by atoms with Crippen molar-refractivity contribution in [1.82, 2.24) is 4.98 Å². The summed E-state index contributed by atoms with van der Waals surface area (Å²) in [6.45, 7) is 0. The first-order valence-corrected chi connectivity index (χ1v) is 6.81. The SMILES string of the molecule is Nc1ccccc1S(=O)(=O)Cc1cncc(F)c1. The summed E-state index contributed by atoms with van der Waals surface area (Å²) >= 11 is 0. The van der Waals surface area contributed by atoms with Crippen LogP contribution in [0.1, 0.15) is 5.56 Å². The van der Waals surface area contributed by atoms with Gasteiger partial charge in [0.15, 0.2) is 9.84 Å². The van der Waals surface area contributed by atoms with E-state index >= 15 is 0 Å². The lowest BCUT2D eigenvalue weighted by Crippen LogP contribution is -2.08. The van der Waals surface area contributed by atoms with E-state index in [4.69, 9.17) is 5.73 Å². The van der Waals surface area contributed by atoms with Crippen LogP contribution in [0.15, 0.2) is 47.6 Å². The number of anilines is 1. The van der Waals surface area contributed by atoms with Gasteiger partial charge in [-0.1, -0.05) is 12.1 Å². The van der Waals surface area contributed by atoms with Crippen molar-refractivity contribution >= 4 is 15.5 Å². The minimum Gasteiger partial charge on any atom is -0.398 e. The van der Waals surface area contributed by atoms with Gasteiger partial charge in [-0.15, -0.1) is 0 Å². The standard InChI is InChI=1S/C12H11FN2O2S/c13-10-5-9(6-15-7-10)8-18(16,17)12-4-2-1-3-11(12)14/h1-7H,8,14H2. The first-order valence-electron chi connectivity index (χ1n) is 5.16. The smallest absolute Gasteiger partial charge is 0.184 e. The van der Waals surface area contributed by atoms with Crippen LogP contribution >= 0.6 is 0 Å². The van der Waals surface area contributed by atoms with Gasteiger partial charge in [0, 0.05) is 6.20 Å². The van der Waals surface area contributed by atoms with E-state index in [0.29, 0.717) is 5.56 Å². The molecule has 1 aromatic carbocycles. The van der Waals surface area contributed by atoms with Gasteiger partial charge in [0.2, 0.25) is 0 Å². The number of nitrogen functional groups attached to an aromatic ring is 1. The molecule has 0 radical (unpaired) electrons. The number of rotatable bonds is 3. The molecular weight excluding hydrogens is 255 g/mol. The first-order chi connectivity index (χ1) is 8.49. The van der Waals surface area contributed by atoms with E-state index < -0.39 is 15.7 Å². The molecule has 0 aliphatic rings. The summed E-state index contributed by atoms with van der Waals surface area (Å²) in [5.74, 6) is -0.893. The molecule has 18 heavy (non-hydrogen) atoms. The van der Waals surface area contributed by atoms with Crippen LogP contribution in [-0.2, 0) is 15.6 Å². The second kappa shape index (κ2) is 4.73. The van der Waals surface area contributed by atoms with Crippen molar-refractivity contribution in [2.45, 2.75) is 10.6 Å². The Bertz CT molecular complexity index is 671. The molecule has 0 spiro atoms. The minimum absolute atomic E-state index is 0.0502. The Hall–Kier alpha value is -1.95. The lowest BCUT2D eigenvalue weighted by atomic mass is 10.3. The van der Waals surface area contributed by atoms with Crippen LogP contribution in [0.2, 0.25) is 0 Å². The fraction of sp³-hybridized carbons (Fsp3) is 0.0833. The van der Waals surface area contributed by atoms with E-state index in [1.165, 1.54) is 18.3 Å². The number of hydrogen-bond acceptors (Lipinski definition) is 4. The number of nitrogens with two attached hydrogens (primary N) is 1. The van der Waals surface area contributed by atoms with Gasteiger partial charge in [0.1, 0.15) is 5.82 Å². The lowest BCUT2D eigenvalue weighted by molar-refractivity contribution is 0.594. The van der Waals surface area contributed by atoms with Crippen LogP contribution in [0, 0.1) is 5.82 Å². The van der Waals surface area contributed by atoms with Gasteiger partial charge in [-0.2, -0.15) is 0 Å². The summed E-state index contributed by atoms with van der Waals surface area (Å²) in [5.41, 5.74) is 6.09. The van der Waals surface area contributed by atoms with Gasteiger partial charge < -0.3 is 5.73 Å². The van der Waals surface area contributed by atoms with Crippen molar-refractivity contribution in [1.29, 1.82) is 0 Å². The minimum atomic E-state index is -3.59. The van der Waals surface area contributed by atoms with E-state index in [1.807, 2.05) is 0 Å². The molecule has 4 nitrogen and oxygen atoms in total. The maximum Gasteiger partial charge on any atom is 0.184 e. The molecule has 2 aromatic rings. The molecule has 0 aliphatic carbocycles. The van der Waals surface area contributed by atoms with Gasteiger partial charge in [0.25, 0.3) is 0 Å². The summed E-state index contributed by atoms with van der Waals surface area (Å²) in [6.07, 6.45) is 2.34. The van der Waals surface area contributed by atoms with Crippen molar-refractivity contribution < 1.29 is 12.8 Å². The fourth-order valence-corrected chi connectivity index (χ4v) is 3.06. The van der Waals surface area contributed by atoms with Crippen molar-refractivity contribution in [3.8, 4) is 0 Å². The Kier molecular flexibility index (Phi) is 3.29. The Labute approximate surface area is 104 Å². The van der Waals surface area contributed by atoms with Crippen LogP contribution in [0.5, 0.6) is 0 Å². The topological polar surface area (TPSA) is 73.1 Å². The third kappa shape index (κ3) is 2.65. The molecule has 2 N–H and O–H groups in total. The normalized spacial score (nSPS) is 11.4. The van der Waals surface area contributed by atoms with Gasteiger partial charge in [-0.25, -0.2) is 12.8 Å². The number of hydrogen-bond donors (Lipinski definition) is 1. The quantitative estimate of drug-likeness (QED) is 0.859. The van der Waals surface area contributed by atoms with Gasteiger partial charge in [0.05, 0.1) is 22.5 Å². The Balaban J connectivity index is 2.37. The third-order valence-electron chi connectivity index (χ3n) is 2.37. The summed E-state index contributed by atoms with van der Waals surface area (Å²) in [6, 6.07) is 7.32. The monoisotopic (exact) mass is 266 g/mol. The van der Waals surface area contributed by atoms with E-state index in [0.717, 1.165) is 12.3 Å². The largest absolute Gasteiger partial charge is 0.398 e. The maximum atomic E-state index is 12.9. The zero-order valence-corrected chi connectivity index (χ0v) is 10.2. The van der Waals surface area contributed by atoms with Crippen LogP contribution < -0.4 is 5.73 Å². The Morgan fingerprint density at radius 3 is 2.61 bits per heavy atom. The van der Waals surface area contributed by atoms with Gasteiger partial charge in [-0.05, 0) is 23.8 Å². The second-order valence-electron chi connectivity index (χ2n) is 3.81. The number of aromatic nitrogens is 1. The van der Waals surface area contributed by atoms with E-state index in [2.05, 4.69) is 4.98 Å². The second-order valence-corrected chi connectivity index (χ2v) is 5.77. The molecule has 0 bridgehead atoms. The summed E-state index contributed by atoms with van der Waals surface area (Å²) in [4.78, 5) is 3.66. The molecule has 0 fully saturated rings. The summed E-state index contributed by atoms with van der Waals surface area (Å²) in [5, 5.41) is 0. The van der Waals surface area contributed by atoms with Crippen molar-refractivity contribution in [2.75, 3.05) is 5.73 Å². The number of nitrogens with zero attached hydrogens (tertiary/aromatic N) is 1. The highest BCUT2D eigenvalue weighted by Crippen LogP contribution is 2.21. The van der Waals surface area contributed by atoms with Gasteiger partial charge >= 0.3 is 0 Å². The molecule has 0 unspecified atom stereocenters. The summed E-state index contributed by atoms with van der Waals surface area (Å²) < 4.78 is 37.1. The zero-order valence-electron chi connectivity index (χ0n) is 9.38. The van der Waals surface area contributed by atoms with Crippen LogP contribution in [0.25, 0.3) is 0 Å². The molecule has 1 aromatic heterocycles. The molecule has 0 aliphatic heterocycles. The molecule has 94 valence electrons. The molecule has 6 heteroatoms. The maximum absolute atomic E-state index is 12.9. The van der Waals surface area contributed by atoms with Crippen molar-refractivity contribution in [3.63, 3.8) is 0 Å². The first kappa shape index (κ1) is 12.5. The highest BCUT2D eigenvalue weighted by molar-refractivity contribution is 7.90. The van der Waals surface area contributed by atoms with E-state index in [1.54, 1.807) is 12.1 Å². The Morgan fingerprint density at radius 1 is 1.22 bits per heavy atom. The molecule has 1 heterocycles. The van der Waals surface area contributed by atoms with Crippen molar-refractivity contribution in [2.24, 2.45) is 0 Å². The molecule has 2 rings (SSSR count). The number of pyridine rings is 1. The molecular formula is C12H11FN2O2S. The average molecular weight is 266 g/mol. The number of halogens is 1. The molecule has 0 saturated heterocycles. The highest BCUT2D eigenvalue weighted by Gasteiger charge is 2.18. The van der Waals surface area contributed by atoms with Crippen LogP contribution in [0.3, 0.4) is 0 Å². The summed E-state index contributed by atoms with van der Waals surface area (Å²) in [7, 11) is -3.59. The van der Waals surface area contributed by atoms with Gasteiger partial charge in [-0.3, -0.25) is 4.98 Å². The molecule has 0 saturated carbocycles. The lowest BCUT2D eigenvalue weighted by Gasteiger charge is -2.07. The predicted molar refractivity (Wildman–Crippen MR) is 65.9 cm³/mol. The number of para-hydroxylation sites is 1. The highest BCUT2D eigenvalue weighted by atomic mass is 32.2. The third-order valence-corrected chi connectivity index (χ3v) is 4.13. The number of sulfone groups is 1. The van der Waals surface area contributed by atoms with Crippen LogP contribution in [-0.4, -0.2) is 13.4 Å². The zero-order chi connectivity index (χ0) is 13.2. The Morgan fingerprint density at radius 2 is 1.94 bits per heavy atom. The molecule has 0 amide bonds.